The standard InChI is InChI=1S/C25H34F2O/c1-4-6-8-10-11-19(3)28-25-23(26)17-22(18-24(25)27)21-15-13-20(14-16-21)12-9-7-5-2/h13-19H,4-12H2,1-3H3/t19-/m0/s1. The molecule has 0 aliphatic heterocycles. The van der Waals surface area contributed by atoms with Crippen LogP contribution in [0.4, 0.5) is 8.78 Å². The first-order valence-corrected chi connectivity index (χ1v) is 10.8. The molecular weight excluding hydrogens is 354 g/mol. The van der Waals surface area contributed by atoms with Gasteiger partial charge in [0.15, 0.2) is 17.4 Å². The van der Waals surface area contributed by atoms with Gasteiger partial charge in [-0.3, -0.25) is 0 Å². The third-order valence-corrected chi connectivity index (χ3v) is 5.14. The van der Waals surface area contributed by atoms with Crippen LogP contribution in [0.3, 0.4) is 0 Å². The van der Waals surface area contributed by atoms with Gasteiger partial charge in [0.1, 0.15) is 0 Å². The quantitative estimate of drug-likeness (QED) is 0.334. The van der Waals surface area contributed by atoms with E-state index < -0.39 is 11.6 Å². The molecule has 2 aromatic carbocycles. The minimum absolute atomic E-state index is 0.200. The molecule has 0 saturated heterocycles. The molecule has 0 heterocycles. The summed E-state index contributed by atoms with van der Waals surface area (Å²) in [4.78, 5) is 0. The van der Waals surface area contributed by atoms with Gasteiger partial charge in [-0.1, -0.05) is 70.2 Å². The van der Waals surface area contributed by atoms with E-state index in [1.807, 2.05) is 31.2 Å². The van der Waals surface area contributed by atoms with Crippen molar-refractivity contribution in [1.82, 2.24) is 0 Å². The first-order valence-electron chi connectivity index (χ1n) is 10.8. The molecule has 0 unspecified atom stereocenters. The Morgan fingerprint density at radius 2 is 1.39 bits per heavy atom. The van der Waals surface area contributed by atoms with Gasteiger partial charge in [0.25, 0.3) is 0 Å². The van der Waals surface area contributed by atoms with Gasteiger partial charge < -0.3 is 4.74 Å². The fourth-order valence-corrected chi connectivity index (χ4v) is 3.40. The van der Waals surface area contributed by atoms with Crippen LogP contribution in [0.5, 0.6) is 5.75 Å². The van der Waals surface area contributed by atoms with Crippen LogP contribution in [0.25, 0.3) is 11.1 Å². The van der Waals surface area contributed by atoms with Gasteiger partial charge in [-0.25, -0.2) is 8.78 Å². The smallest absolute Gasteiger partial charge is 0.191 e. The van der Waals surface area contributed by atoms with Crippen molar-refractivity contribution in [3.63, 3.8) is 0 Å². The molecule has 0 aliphatic carbocycles. The van der Waals surface area contributed by atoms with Gasteiger partial charge in [0.05, 0.1) is 6.10 Å². The Labute approximate surface area is 169 Å². The number of hydrogen-bond donors (Lipinski definition) is 0. The molecule has 2 rings (SSSR count). The second kappa shape index (κ2) is 11.8. The van der Waals surface area contributed by atoms with E-state index in [9.17, 15) is 8.78 Å². The van der Waals surface area contributed by atoms with E-state index in [1.165, 1.54) is 49.8 Å². The van der Waals surface area contributed by atoms with Crippen LogP contribution in [0.15, 0.2) is 36.4 Å². The monoisotopic (exact) mass is 388 g/mol. The summed E-state index contributed by atoms with van der Waals surface area (Å²) >= 11 is 0. The van der Waals surface area contributed by atoms with Crippen molar-refractivity contribution in [2.45, 2.75) is 84.7 Å². The van der Waals surface area contributed by atoms with Crippen molar-refractivity contribution in [1.29, 1.82) is 0 Å². The summed E-state index contributed by atoms with van der Waals surface area (Å²) in [6.07, 6.45) is 9.72. The van der Waals surface area contributed by atoms with Gasteiger partial charge in [-0.15, -0.1) is 0 Å². The van der Waals surface area contributed by atoms with Crippen molar-refractivity contribution in [3.05, 3.63) is 53.6 Å². The number of unbranched alkanes of at least 4 members (excludes halogenated alkanes) is 5. The number of ether oxygens (including phenoxy) is 1. The Bertz CT molecular complexity index is 686. The van der Waals surface area contributed by atoms with Gasteiger partial charge in [0, 0.05) is 0 Å². The van der Waals surface area contributed by atoms with Crippen LogP contribution < -0.4 is 4.74 Å². The van der Waals surface area contributed by atoms with Crippen molar-refractivity contribution >= 4 is 0 Å². The highest BCUT2D eigenvalue weighted by molar-refractivity contribution is 5.65. The Kier molecular flexibility index (Phi) is 9.46. The van der Waals surface area contributed by atoms with E-state index in [4.69, 9.17) is 4.74 Å². The molecule has 0 amide bonds. The van der Waals surface area contributed by atoms with Crippen LogP contribution in [-0.4, -0.2) is 6.10 Å². The third-order valence-electron chi connectivity index (χ3n) is 5.14. The molecular formula is C25H34F2O. The summed E-state index contributed by atoms with van der Waals surface area (Å²) in [5.74, 6) is -1.53. The molecule has 0 fully saturated rings. The van der Waals surface area contributed by atoms with Crippen molar-refractivity contribution in [3.8, 4) is 16.9 Å². The molecule has 0 aliphatic rings. The lowest BCUT2D eigenvalue weighted by Gasteiger charge is -2.16. The zero-order chi connectivity index (χ0) is 20.4. The van der Waals surface area contributed by atoms with E-state index in [2.05, 4.69) is 13.8 Å². The molecule has 0 bridgehead atoms. The van der Waals surface area contributed by atoms with E-state index in [-0.39, 0.29) is 11.9 Å². The molecule has 1 atom stereocenters. The molecule has 28 heavy (non-hydrogen) atoms. The number of aryl methyl sites for hydroxylation is 1. The van der Waals surface area contributed by atoms with Crippen LogP contribution in [0.1, 0.15) is 77.7 Å². The SMILES string of the molecule is CCCCCC[C@H](C)Oc1c(F)cc(-c2ccc(CCCCC)cc2)cc1F. The summed E-state index contributed by atoms with van der Waals surface area (Å²) in [7, 11) is 0. The van der Waals surface area contributed by atoms with Crippen molar-refractivity contribution in [2.24, 2.45) is 0 Å². The zero-order valence-electron chi connectivity index (χ0n) is 17.6. The summed E-state index contributed by atoms with van der Waals surface area (Å²) in [5, 5.41) is 0. The highest BCUT2D eigenvalue weighted by Crippen LogP contribution is 2.30. The van der Waals surface area contributed by atoms with Gasteiger partial charge in [0.2, 0.25) is 0 Å². The Balaban J connectivity index is 2.02. The Morgan fingerprint density at radius 1 is 0.786 bits per heavy atom. The van der Waals surface area contributed by atoms with Gasteiger partial charge in [-0.2, -0.15) is 0 Å². The highest BCUT2D eigenvalue weighted by Gasteiger charge is 2.16. The lowest BCUT2D eigenvalue weighted by Crippen LogP contribution is -2.13. The van der Waals surface area contributed by atoms with Crippen molar-refractivity contribution < 1.29 is 13.5 Å². The van der Waals surface area contributed by atoms with E-state index in [0.717, 1.165) is 31.2 Å². The maximum atomic E-state index is 14.5. The topological polar surface area (TPSA) is 9.23 Å². The largest absolute Gasteiger partial charge is 0.485 e. The maximum absolute atomic E-state index is 14.5. The second-order valence-corrected chi connectivity index (χ2v) is 7.70. The number of rotatable bonds is 12. The molecule has 3 heteroatoms. The summed E-state index contributed by atoms with van der Waals surface area (Å²) in [5.41, 5.74) is 2.62. The predicted molar refractivity (Wildman–Crippen MR) is 114 cm³/mol. The van der Waals surface area contributed by atoms with Crippen LogP contribution in [0, 0.1) is 11.6 Å². The second-order valence-electron chi connectivity index (χ2n) is 7.70. The highest BCUT2D eigenvalue weighted by atomic mass is 19.1. The molecule has 1 nitrogen and oxygen atoms in total. The van der Waals surface area contributed by atoms with Crippen LogP contribution in [0.2, 0.25) is 0 Å². The number of benzene rings is 2. The van der Waals surface area contributed by atoms with Crippen LogP contribution in [-0.2, 0) is 6.42 Å². The summed E-state index contributed by atoms with van der Waals surface area (Å²) < 4.78 is 34.6. The number of hydrogen-bond acceptors (Lipinski definition) is 1. The first kappa shape index (κ1) is 22.4. The predicted octanol–water partition coefficient (Wildman–Crippen LogP) is 8.10. The normalized spacial score (nSPS) is 12.2. The number of halogens is 2. The minimum Gasteiger partial charge on any atom is -0.485 e. The van der Waals surface area contributed by atoms with Gasteiger partial charge >= 0.3 is 0 Å². The molecule has 0 radical (unpaired) electrons. The molecule has 0 spiro atoms. The Morgan fingerprint density at radius 3 is 2.00 bits per heavy atom. The molecule has 0 aromatic heterocycles. The summed E-state index contributed by atoms with van der Waals surface area (Å²) in [6, 6.07) is 10.7. The fraction of sp³-hybridized carbons (Fsp3) is 0.520. The zero-order valence-corrected chi connectivity index (χ0v) is 17.6. The van der Waals surface area contributed by atoms with E-state index >= 15 is 0 Å². The summed E-state index contributed by atoms with van der Waals surface area (Å²) in [6.45, 7) is 6.22. The lowest BCUT2D eigenvalue weighted by molar-refractivity contribution is 0.188. The molecule has 0 N–H and O–H groups in total. The maximum Gasteiger partial charge on any atom is 0.191 e. The lowest BCUT2D eigenvalue weighted by atomic mass is 10.0. The van der Waals surface area contributed by atoms with Gasteiger partial charge in [-0.05, 0) is 61.4 Å². The van der Waals surface area contributed by atoms with Crippen molar-refractivity contribution in [2.75, 3.05) is 0 Å². The average molecular weight is 389 g/mol. The Hall–Kier alpha value is -1.90. The third kappa shape index (κ3) is 6.92. The minimum atomic E-state index is -0.637. The average Bonchev–Trinajstić information content (AvgIpc) is 2.69. The van der Waals surface area contributed by atoms with E-state index in [0.29, 0.717) is 5.56 Å². The van der Waals surface area contributed by atoms with E-state index in [1.54, 1.807) is 0 Å². The molecule has 2 aromatic rings. The molecule has 0 saturated carbocycles. The first-order chi connectivity index (χ1) is 13.5. The van der Waals surface area contributed by atoms with Crippen LogP contribution >= 0.6 is 0 Å². The fourth-order valence-electron chi connectivity index (χ4n) is 3.40. The molecule has 154 valence electrons.